The van der Waals surface area contributed by atoms with Crippen LogP contribution in [-0.2, 0) is 4.79 Å². The molecule has 0 unspecified atom stereocenters. The van der Waals surface area contributed by atoms with Crippen molar-refractivity contribution in [3.63, 3.8) is 0 Å². The highest BCUT2D eigenvalue weighted by atomic mass is 16.2. The van der Waals surface area contributed by atoms with Crippen molar-refractivity contribution in [1.82, 2.24) is 20.4 Å². The fourth-order valence-electron chi connectivity index (χ4n) is 3.69. The average molecular weight is 294 g/mol. The Morgan fingerprint density at radius 2 is 1.95 bits per heavy atom. The number of carbonyl (C=O) groups excluding carboxylic acids is 1. The van der Waals surface area contributed by atoms with Gasteiger partial charge in [0.25, 0.3) is 0 Å². The molecule has 3 rings (SSSR count). The Hall–Kier alpha value is -0.650. The molecule has 0 aromatic heterocycles. The van der Waals surface area contributed by atoms with Gasteiger partial charge in [-0.1, -0.05) is 6.92 Å². The van der Waals surface area contributed by atoms with Crippen LogP contribution in [0.5, 0.6) is 0 Å². The Labute approximate surface area is 128 Å². The largest absolute Gasteiger partial charge is 0.349 e. The van der Waals surface area contributed by atoms with E-state index in [4.69, 9.17) is 0 Å². The third-order valence-corrected chi connectivity index (χ3v) is 5.61. The summed E-state index contributed by atoms with van der Waals surface area (Å²) in [4.78, 5) is 16.4. The van der Waals surface area contributed by atoms with E-state index in [1.54, 1.807) is 4.90 Å². The van der Waals surface area contributed by atoms with Gasteiger partial charge in [0.1, 0.15) is 0 Å². The van der Waals surface area contributed by atoms with Crippen molar-refractivity contribution in [2.75, 3.05) is 40.3 Å². The van der Waals surface area contributed by atoms with Crippen molar-refractivity contribution in [3.8, 4) is 0 Å². The zero-order chi connectivity index (χ0) is 15.0. The van der Waals surface area contributed by atoms with Crippen LogP contribution in [0.15, 0.2) is 0 Å². The SMILES string of the molecule is C[C@@H]1C[C@H]1NC1CCN(C2(CC(=O)N(C)C)CNC2)CC1. The summed E-state index contributed by atoms with van der Waals surface area (Å²) in [6.07, 6.45) is 4.46. The molecule has 2 heterocycles. The van der Waals surface area contributed by atoms with Gasteiger partial charge < -0.3 is 15.5 Å². The standard InChI is InChI=1S/C16H30N4O/c1-12-8-14(12)18-13-4-6-20(7-5-13)16(10-17-11-16)9-15(21)19(2)3/h12-14,17-18H,4-11H2,1-3H3/t12-,14-/m1/s1. The van der Waals surface area contributed by atoms with Gasteiger partial charge in [-0.25, -0.2) is 0 Å². The van der Waals surface area contributed by atoms with Crippen LogP contribution in [0.4, 0.5) is 0 Å². The van der Waals surface area contributed by atoms with Gasteiger partial charge in [-0.15, -0.1) is 0 Å². The molecule has 0 bridgehead atoms. The molecule has 120 valence electrons. The molecule has 2 N–H and O–H groups in total. The molecule has 5 nitrogen and oxygen atoms in total. The molecule has 21 heavy (non-hydrogen) atoms. The summed E-state index contributed by atoms with van der Waals surface area (Å²) in [7, 11) is 3.71. The van der Waals surface area contributed by atoms with E-state index in [1.807, 2.05) is 14.1 Å². The van der Waals surface area contributed by atoms with E-state index in [0.29, 0.717) is 12.5 Å². The molecule has 5 heteroatoms. The van der Waals surface area contributed by atoms with Crippen molar-refractivity contribution in [2.24, 2.45) is 5.92 Å². The average Bonchev–Trinajstić information content (AvgIpc) is 3.10. The van der Waals surface area contributed by atoms with Crippen LogP contribution in [0, 0.1) is 5.92 Å². The first kappa shape index (κ1) is 15.3. The predicted octanol–water partition coefficient (Wildman–Crippen LogP) is 0.269. The number of rotatable bonds is 5. The van der Waals surface area contributed by atoms with E-state index in [0.717, 1.165) is 38.1 Å². The second-order valence-corrected chi connectivity index (χ2v) is 7.54. The quantitative estimate of drug-likeness (QED) is 0.764. The summed E-state index contributed by atoms with van der Waals surface area (Å²) in [5.74, 6) is 1.13. The maximum atomic E-state index is 12.1. The fraction of sp³-hybridized carbons (Fsp3) is 0.938. The van der Waals surface area contributed by atoms with Gasteiger partial charge in [0, 0.05) is 58.8 Å². The number of hydrogen-bond donors (Lipinski definition) is 2. The van der Waals surface area contributed by atoms with E-state index < -0.39 is 0 Å². The Bertz CT molecular complexity index is 386. The van der Waals surface area contributed by atoms with Crippen molar-refractivity contribution >= 4 is 5.91 Å². The zero-order valence-corrected chi connectivity index (χ0v) is 13.7. The second-order valence-electron chi connectivity index (χ2n) is 7.54. The molecule has 0 radical (unpaired) electrons. The van der Waals surface area contributed by atoms with Gasteiger partial charge in [-0.3, -0.25) is 9.69 Å². The van der Waals surface area contributed by atoms with Crippen molar-refractivity contribution in [2.45, 2.75) is 50.2 Å². The van der Waals surface area contributed by atoms with E-state index >= 15 is 0 Å². The molecule has 0 aromatic rings. The molecular weight excluding hydrogens is 264 g/mol. The van der Waals surface area contributed by atoms with Crippen molar-refractivity contribution < 1.29 is 4.79 Å². The van der Waals surface area contributed by atoms with Gasteiger partial charge in [0.15, 0.2) is 0 Å². The third kappa shape index (κ3) is 3.25. The van der Waals surface area contributed by atoms with E-state index in [9.17, 15) is 4.79 Å². The summed E-state index contributed by atoms with van der Waals surface area (Å²) < 4.78 is 0. The molecule has 3 aliphatic rings. The molecule has 2 aliphatic heterocycles. The Morgan fingerprint density at radius 1 is 1.33 bits per heavy atom. The smallest absolute Gasteiger partial charge is 0.224 e. The second kappa shape index (κ2) is 5.86. The molecule has 2 saturated heterocycles. The Balaban J connectivity index is 1.51. The van der Waals surface area contributed by atoms with Crippen LogP contribution in [0.1, 0.15) is 32.6 Å². The number of nitrogens with one attached hydrogen (secondary N) is 2. The molecule has 1 saturated carbocycles. The van der Waals surface area contributed by atoms with E-state index in [-0.39, 0.29) is 11.4 Å². The first-order valence-electron chi connectivity index (χ1n) is 8.42. The van der Waals surface area contributed by atoms with Crippen LogP contribution in [0.25, 0.3) is 0 Å². The first-order valence-corrected chi connectivity index (χ1v) is 8.42. The summed E-state index contributed by atoms with van der Waals surface area (Å²) in [6.45, 7) is 6.51. The van der Waals surface area contributed by atoms with Crippen molar-refractivity contribution in [1.29, 1.82) is 0 Å². The molecular formula is C16H30N4O. The maximum Gasteiger partial charge on any atom is 0.224 e. The van der Waals surface area contributed by atoms with E-state index in [2.05, 4.69) is 22.5 Å². The highest BCUT2D eigenvalue weighted by Gasteiger charge is 2.45. The summed E-state index contributed by atoms with van der Waals surface area (Å²) in [6, 6.07) is 1.46. The van der Waals surface area contributed by atoms with Crippen LogP contribution >= 0.6 is 0 Å². The van der Waals surface area contributed by atoms with Crippen molar-refractivity contribution in [3.05, 3.63) is 0 Å². The monoisotopic (exact) mass is 294 g/mol. The van der Waals surface area contributed by atoms with Crippen LogP contribution in [-0.4, -0.2) is 73.6 Å². The predicted molar refractivity (Wildman–Crippen MR) is 84.2 cm³/mol. The molecule has 2 atom stereocenters. The third-order valence-electron chi connectivity index (χ3n) is 5.61. The highest BCUT2D eigenvalue weighted by molar-refractivity contribution is 5.77. The lowest BCUT2D eigenvalue weighted by Crippen LogP contribution is -2.71. The molecule has 3 fully saturated rings. The highest BCUT2D eigenvalue weighted by Crippen LogP contribution is 2.32. The normalized spacial score (nSPS) is 32.5. The van der Waals surface area contributed by atoms with Gasteiger partial charge in [0.05, 0.1) is 5.54 Å². The minimum Gasteiger partial charge on any atom is -0.349 e. The van der Waals surface area contributed by atoms with E-state index in [1.165, 1.54) is 19.3 Å². The first-order chi connectivity index (χ1) is 10.00. The summed E-state index contributed by atoms with van der Waals surface area (Å²) in [5, 5.41) is 7.17. The minimum atomic E-state index is 0.0825. The number of likely N-dealkylation sites (tertiary alicyclic amines) is 1. The fourth-order valence-corrected chi connectivity index (χ4v) is 3.69. The summed E-state index contributed by atoms with van der Waals surface area (Å²) in [5.41, 5.74) is 0.0825. The number of nitrogens with zero attached hydrogens (tertiary/aromatic N) is 2. The van der Waals surface area contributed by atoms with Gasteiger partial charge in [0.2, 0.25) is 5.91 Å². The maximum absolute atomic E-state index is 12.1. The minimum absolute atomic E-state index is 0.0825. The van der Waals surface area contributed by atoms with Crippen LogP contribution in [0.2, 0.25) is 0 Å². The lowest BCUT2D eigenvalue weighted by molar-refractivity contribution is -0.133. The molecule has 1 amide bonds. The molecule has 0 aromatic carbocycles. The van der Waals surface area contributed by atoms with Gasteiger partial charge in [-0.2, -0.15) is 0 Å². The lowest BCUT2D eigenvalue weighted by atomic mass is 9.83. The summed E-state index contributed by atoms with van der Waals surface area (Å²) >= 11 is 0. The molecule has 0 spiro atoms. The van der Waals surface area contributed by atoms with Gasteiger partial charge >= 0.3 is 0 Å². The van der Waals surface area contributed by atoms with Gasteiger partial charge in [-0.05, 0) is 25.2 Å². The van der Waals surface area contributed by atoms with Crippen LogP contribution < -0.4 is 10.6 Å². The Morgan fingerprint density at radius 3 is 2.38 bits per heavy atom. The Kier molecular flexibility index (Phi) is 4.26. The van der Waals surface area contributed by atoms with Crippen LogP contribution in [0.3, 0.4) is 0 Å². The number of amides is 1. The lowest BCUT2D eigenvalue weighted by Gasteiger charge is -2.53. The molecule has 1 aliphatic carbocycles. The number of carbonyl (C=O) groups is 1. The number of piperidine rings is 1. The zero-order valence-electron chi connectivity index (χ0n) is 13.7. The topological polar surface area (TPSA) is 47.6 Å². The number of hydrogen-bond acceptors (Lipinski definition) is 4.